The Morgan fingerprint density at radius 3 is 3.00 bits per heavy atom. The predicted molar refractivity (Wildman–Crippen MR) is 60.6 cm³/mol. The molecule has 1 saturated heterocycles. The standard InChI is InChI=1S/C11H14N4/c12-8-1-2-9-10(4-8)15-11(14-9)3-7-5-13-6-7/h1-2,4,7,13H,3,5-6,12H2,(H,14,15). The minimum atomic E-state index is 0.739. The van der Waals surface area contributed by atoms with Crippen LogP contribution in [0.5, 0.6) is 0 Å². The lowest BCUT2D eigenvalue weighted by molar-refractivity contribution is 0.342. The predicted octanol–water partition coefficient (Wildman–Crippen LogP) is 0.907. The Labute approximate surface area is 87.9 Å². The molecule has 2 heterocycles. The van der Waals surface area contributed by atoms with Crippen molar-refractivity contribution in [2.75, 3.05) is 18.8 Å². The maximum absolute atomic E-state index is 5.71. The summed E-state index contributed by atoms with van der Waals surface area (Å²) in [5.41, 5.74) is 8.54. The topological polar surface area (TPSA) is 66.7 Å². The molecular weight excluding hydrogens is 188 g/mol. The number of fused-ring (bicyclic) bond motifs is 1. The van der Waals surface area contributed by atoms with E-state index in [0.29, 0.717) is 0 Å². The second kappa shape index (κ2) is 3.24. The SMILES string of the molecule is Nc1ccc2nc(CC3CNC3)[nH]c2c1. The van der Waals surface area contributed by atoms with E-state index in [4.69, 9.17) is 5.73 Å². The van der Waals surface area contributed by atoms with Crippen LogP contribution in [0.25, 0.3) is 11.0 Å². The van der Waals surface area contributed by atoms with Gasteiger partial charge in [0.15, 0.2) is 0 Å². The van der Waals surface area contributed by atoms with Gasteiger partial charge >= 0.3 is 0 Å². The van der Waals surface area contributed by atoms with Gasteiger partial charge in [-0.15, -0.1) is 0 Å². The molecule has 1 aromatic heterocycles. The van der Waals surface area contributed by atoms with Gasteiger partial charge in [-0.3, -0.25) is 0 Å². The van der Waals surface area contributed by atoms with Crippen LogP contribution in [0.2, 0.25) is 0 Å². The molecule has 1 aliphatic rings. The highest BCUT2D eigenvalue weighted by atomic mass is 15.0. The molecule has 0 spiro atoms. The zero-order valence-corrected chi connectivity index (χ0v) is 8.46. The molecule has 1 aromatic carbocycles. The smallest absolute Gasteiger partial charge is 0.107 e. The van der Waals surface area contributed by atoms with Crippen LogP contribution < -0.4 is 11.1 Å². The number of anilines is 1. The fraction of sp³-hybridized carbons (Fsp3) is 0.364. The minimum Gasteiger partial charge on any atom is -0.399 e. The number of aromatic nitrogens is 2. The van der Waals surface area contributed by atoms with Gasteiger partial charge in [-0.1, -0.05) is 0 Å². The number of rotatable bonds is 2. The number of nitrogens with one attached hydrogen (secondary N) is 2. The third-order valence-corrected chi connectivity index (χ3v) is 2.90. The number of hydrogen-bond donors (Lipinski definition) is 3. The summed E-state index contributed by atoms with van der Waals surface area (Å²) in [6.07, 6.45) is 1.03. The molecule has 1 aliphatic heterocycles. The molecule has 0 radical (unpaired) electrons. The van der Waals surface area contributed by atoms with E-state index in [9.17, 15) is 0 Å². The molecule has 0 unspecified atom stereocenters. The van der Waals surface area contributed by atoms with Gasteiger partial charge in [-0.25, -0.2) is 4.98 Å². The summed E-state index contributed by atoms with van der Waals surface area (Å²) in [5, 5.41) is 3.26. The molecule has 15 heavy (non-hydrogen) atoms. The number of nitrogens with two attached hydrogens (primary N) is 1. The first-order chi connectivity index (χ1) is 7.31. The number of benzene rings is 1. The highest BCUT2D eigenvalue weighted by Crippen LogP contribution is 2.17. The van der Waals surface area contributed by atoms with Gasteiger partial charge < -0.3 is 16.0 Å². The van der Waals surface area contributed by atoms with E-state index >= 15 is 0 Å². The van der Waals surface area contributed by atoms with Crippen LogP contribution in [0, 0.1) is 5.92 Å². The number of H-pyrrole nitrogens is 1. The largest absolute Gasteiger partial charge is 0.399 e. The molecule has 78 valence electrons. The van der Waals surface area contributed by atoms with Crippen LogP contribution in [0.4, 0.5) is 5.69 Å². The number of imidazole rings is 1. The van der Waals surface area contributed by atoms with E-state index in [2.05, 4.69) is 15.3 Å². The Kier molecular flexibility index (Phi) is 1.89. The Hall–Kier alpha value is -1.55. The van der Waals surface area contributed by atoms with E-state index in [0.717, 1.165) is 48.0 Å². The van der Waals surface area contributed by atoms with Gasteiger partial charge in [0.25, 0.3) is 0 Å². The van der Waals surface area contributed by atoms with E-state index < -0.39 is 0 Å². The quantitative estimate of drug-likeness (QED) is 0.634. The van der Waals surface area contributed by atoms with Crippen LogP contribution in [-0.2, 0) is 6.42 Å². The lowest BCUT2D eigenvalue weighted by Gasteiger charge is -2.25. The first kappa shape index (κ1) is 8.73. The van der Waals surface area contributed by atoms with E-state index in [1.165, 1.54) is 0 Å². The van der Waals surface area contributed by atoms with E-state index in [1.807, 2.05) is 18.2 Å². The average Bonchev–Trinajstić information content (AvgIpc) is 2.53. The number of aromatic amines is 1. The highest BCUT2D eigenvalue weighted by molar-refractivity contribution is 5.78. The first-order valence-electron chi connectivity index (χ1n) is 5.26. The van der Waals surface area contributed by atoms with Gasteiger partial charge in [0.1, 0.15) is 5.82 Å². The van der Waals surface area contributed by atoms with Gasteiger partial charge in [0, 0.05) is 12.1 Å². The zero-order valence-electron chi connectivity index (χ0n) is 8.46. The van der Waals surface area contributed by atoms with Gasteiger partial charge in [0.05, 0.1) is 11.0 Å². The normalized spacial score (nSPS) is 16.8. The molecule has 1 fully saturated rings. The number of hydrogen-bond acceptors (Lipinski definition) is 3. The average molecular weight is 202 g/mol. The third-order valence-electron chi connectivity index (χ3n) is 2.90. The molecule has 4 N–H and O–H groups in total. The molecule has 0 bridgehead atoms. The first-order valence-corrected chi connectivity index (χ1v) is 5.26. The molecule has 0 amide bonds. The van der Waals surface area contributed by atoms with Crippen molar-refractivity contribution < 1.29 is 0 Å². The van der Waals surface area contributed by atoms with E-state index in [1.54, 1.807) is 0 Å². The maximum atomic E-state index is 5.71. The van der Waals surface area contributed by atoms with Crippen LogP contribution in [0.1, 0.15) is 5.82 Å². The van der Waals surface area contributed by atoms with Crippen LogP contribution in [0.15, 0.2) is 18.2 Å². The van der Waals surface area contributed by atoms with Crippen molar-refractivity contribution >= 4 is 16.7 Å². The molecule has 0 atom stereocenters. The number of nitrogen functional groups attached to an aromatic ring is 1. The van der Waals surface area contributed by atoms with Crippen molar-refractivity contribution in [1.82, 2.24) is 15.3 Å². The van der Waals surface area contributed by atoms with Gasteiger partial charge in [-0.05, 0) is 37.2 Å². The third kappa shape index (κ3) is 1.57. The van der Waals surface area contributed by atoms with Gasteiger partial charge in [-0.2, -0.15) is 0 Å². The molecule has 2 aromatic rings. The fourth-order valence-corrected chi connectivity index (χ4v) is 1.94. The highest BCUT2D eigenvalue weighted by Gasteiger charge is 2.18. The molecule has 4 nitrogen and oxygen atoms in total. The fourth-order valence-electron chi connectivity index (χ4n) is 1.94. The summed E-state index contributed by atoms with van der Waals surface area (Å²) >= 11 is 0. The Morgan fingerprint density at radius 1 is 1.40 bits per heavy atom. The van der Waals surface area contributed by atoms with Crippen LogP contribution in [-0.4, -0.2) is 23.1 Å². The van der Waals surface area contributed by atoms with Gasteiger partial charge in [0.2, 0.25) is 0 Å². The van der Waals surface area contributed by atoms with Crippen molar-refractivity contribution in [2.24, 2.45) is 5.92 Å². The van der Waals surface area contributed by atoms with Crippen LogP contribution in [0.3, 0.4) is 0 Å². The minimum absolute atomic E-state index is 0.739. The molecule has 0 saturated carbocycles. The summed E-state index contributed by atoms with van der Waals surface area (Å²) in [4.78, 5) is 7.85. The lowest BCUT2D eigenvalue weighted by Crippen LogP contribution is -2.43. The Balaban J connectivity index is 1.91. The molecular formula is C11H14N4. The summed E-state index contributed by atoms with van der Waals surface area (Å²) < 4.78 is 0. The summed E-state index contributed by atoms with van der Waals surface area (Å²) in [6.45, 7) is 2.22. The second-order valence-electron chi connectivity index (χ2n) is 4.19. The molecule has 4 heteroatoms. The van der Waals surface area contributed by atoms with Crippen molar-refractivity contribution in [3.8, 4) is 0 Å². The monoisotopic (exact) mass is 202 g/mol. The van der Waals surface area contributed by atoms with E-state index in [-0.39, 0.29) is 0 Å². The Morgan fingerprint density at radius 2 is 2.27 bits per heavy atom. The molecule has 0 aliphatic carbocycles. The molecule has 3 rings (SSSR count). The summed E-state index contributed by atoms with van der Waals surface area (Å²) in [5.74, 6) is 1.81. The van der Waals surface area contributed by atoms with Crippen molar-refractivity contribution in [1.29, 1.82) is 0 Å². The van der Waals surface area contributed by atoms with Crippen molar-refractivity contribution in [2.45, 2.75) is 6.42 Å². The summed E-state index contributed by atoms with van der Waals surface area (Å²) in [6, 6.07) is 5.78. The lowest BCUT2D eigenvalue weighted by atomic mass is 9.99. The maximum Gasteiger partial charge on any atom is 0.107 e. The Bertz CT molecular complexity index is 484. The van der Waals surface area contributed by atoms with Crippen molar-refractivity contribution in [3.63, 3.8) is 0 Å². The van der Waals surface area contributed by atoms with Crippen molar-refractivity contribution in [3.05, 3.63) is 24.0 Å². The van der Waals surface area contributed by atoms with Crippen LogP contribution >= 0.6 is 0 Å². The zero-order chi connectivity index (χ0) is 10.3. The summed E-state index contributed by atoms with van der Waals surface area (Å²) in [7, 11) is 0. The second-order valence-corrected chi connectivity index (χ2v) is 4.19. The number of nitrogens with zero attached hydrogens (tertiary/aromatic N) is 1.